The summed E-state index contributed by atoms with van der Waals surface area (Å²) in [6.07, 6.45) is 0.298. The topological polar surface area (TPSA) is 93.2 Å². The first kappa shape index (κ1) is 18.3. The molecule has 154 valence electrons. The van der Waals surface area contributed by atoms with Crippen LogP contribution in [-0.4, -0.2) is 59.6 Å². The first-order chi connectivity index (χ1) is 13.8. The van der Waals surface area contributed by atoms with E-state index >= 15 is 0 Å². The van der Waals surface area contributed by atoms with Gasteiger partial charge in [0, 0.05) is 13.1 Å². The minimum atomic E-state index is -0.550. The van der Waals surface area contributed by atoms with Gasteiger partial charge in [-0.3, -0.25) is 4.90 Å². The van der Waals surface area contributed by atoms with E-state index in [-0.39, 0.29) is 31.0 Å². The van der Waals surface area contributed by atoms with Gasteiger partial charge in [-0.1, -0.05) is 11.3 Å². The van der Waals surface area contributed by atoms with Crippen LogP contribution in [0, 0.1) is 0 Å². The molecule has 1 aromatic carbocycles. The Bertz CT molecular complexity index is 1000. The smallest absolute Gasteiger partial charge is 0.410 e. The lowest BCUT2D eigenvalue weighted by atomic mass is 10.0. The summed E-state index contributed by atoms with van der Waals surface area (Å²) in [5.74, 6) is 1.30. The standard InChI is InChI=1S/C19H22N4O5S/c1-19(2,3)28-18(25)22-7-6-11-10(8-22)20-16(24)23(11)17-21-14-13(29-17)5-4-12-15(14)27-9-26-12/h4-5,10-11H,6-9H2,1-3H3,(H,20,24)/t10-,11+/m0/s1. The average molecular weight is 418 g/mol. The molecule has 3 aliphatic heterocycles. The maximum absolute atomic E-state index is 12.7. The van der Waals surface area contributed by atoms with Crippen LogP contribution in [0.1, 0.15) is 27.2 Å². The van der Waals surface area contributed by atoms with Gasteiger partial charge in [-0.15, -0.1) is 0 Å². The molecule has 0 spiro atoms. The summed E-state index contributed by atoms with van der Waals surface area (Å²) in [7, 11) is 0. The highest BCUT2D eigenvalue weighted by Gasteiger charge is 2.46. The second-order valence-corrected chi connectivity index (χ2v) is 9.36. The Morgan fingerprint density at radius 3 is 2.97 bits per heavy atom. The van der Waals surface area contributed by atoms with Crippen LogP contribution in [0.5, 0.6) is 11.5 Å². The third-order valence-electron chi connectivity index (χ3n) is 5.18. The van der Waals surface area contributed by atoms with E-state index < -0.39 is 5.60 Å². The Labute approximate surface area is 171 Å². The molecule has 0 radical (unpaired) electrons. The molecule has 0 saturated carbocycles. The van der Waals surface area contributed by atoms with E-state index in [2.05, 4.69) is 10.3 Å². The number of rotatable bonds is 1. The molecule has 0 unspecified atom stereocenters. The van der Waals surface area contributed by atoms with E-state index in [1.165, 1.54) is 11.3 Å². The van der Waals surface area contributed by atoms with Crippen molar-refractivity contribution in [3.8, 4) is 11.5 Å². The number of benzene rings is 1. The van der Waals surface area contributed by atoms with E-state index in [1.807, 2.05) is 32.9 Å². The fraction of sp³-hybridized carbons (Fsp3) is 0.526. The summed E-state index contributed by atoms with van der Waals surface area (Å²) in [4.78, 5) is 33.2. The van der Waals surface area contributed by atoms with Gasteiger partial charge in [0.2, 0.25) is 6.79 Å². The molecule has 0 aliphatic carbocycles. The molecule has 10 heteroatoms. The fourth-order valence-corrected chi connectivity index (χ4v) is 4.96. The van der Waals surface area contributed by atoms with E-state index in [1.54, 1.807) is 9.80 Å². The lowest BCUT2D eigenvalue weighted by Gasteiger charge is -2.36. The monoisotopic (exact) mass is 418 g/mol. The number of nitrogens with zero attached hydrogens (tertiary/aromatic N) is 3. The van der Waals surface area contributed by atoms with Gasteiger partial charge in [0.05, 0.1) is 16.8 Å². The van der Waals surface area contributed by atoms with Crippen LogP contribution in [-0.2, 0) is 4.74 Å². The number of likely N-dealkylation sites (tertiary alicyclic amines) is 1. The van der Waals surface area contributed by atoms with Gasteiger partial charge in [-0.05, 0) is 39.3 Å². The summed E-state index contributed by atoms with van der Waals surface area (Å²) in [5.41, 5.74) is 0.161. The van der Waals surface area contributed by atoms with Crippen molar-refractivity contribution in [3.05, 3.63) is 12.1 Å². The number of carbonyl (C=O) groups excluding carboxylic acids is 2. The maximum atomic E-state index is 12.7. The predicted octanol–water partition coefficient (Wildman–Crippen LogP) is 2.93. The van der Waals surface area contributed by atoms with Gasteiger partial charge < -0.3 is 24.4 Å². The molecule has 2 fully saturated rings. The third kappa shape index (κ3) is 3.11. The van der Waals surface area contributed by atoms with Crippen molar-refractivity contribution in [1.29, 1.82) is 0 Å². The van der Waals surface area contributed by atoms with E-state index in [9.17, 15) is 9.59 Å². The Morgan fingerprint density at radius 2 is 2.17 bits per heavy atom. The first-order valence-electron chi connectivity index (χ1n) is 9.57. The highest BCUT2D eigenvalue weighted by molar-refractivity contribution is 7.22. The lowest BCUT2D eigenvalue weighted by Crippen LogP contribution is -2.53. The van der Waals surface area contributed by atoms with Gasteiger partial charge in [0.25, 0.3) is 0 Å². The highest BCUT2D eigenvalue weighted by atomic mass is 32.1. The van der Waals surface area contributed by atoms with Gasteiger partial charge in [-0.25, -0.2) is 14.6 Å². The van der Waals surface area contributed by atoms with Crippen molar-refractivity contribution < 1.29 is 23.8 Å². The second kappa shape index (κ2) is 6.38. The van der Waals surface area contributed by atoms with Crippen LogP contribution < -0.4 is 19.7 Å². The molecular weight excluding hydrogens is 396 g/mol. The molecule has 2 aromatic rings. The van der Waals surface area contributed by atoms with Crippen LogP contribution in [0.4, 0.5) is 14.7 Å². The molecule has 1 N–H and O–H groups in total. The minimum Gasteiger partial charge on any atom is -0.454 e. The van der Waals surface area contributed by atoms with E-state index in [4.69, 9.17) is 14.2 Å². The number of amides is 3. The van der Waals surface area contributed by atoms with Crippen molar-refractivity contribution in [2.45, 2.75) is 44.9 Å². The van der Waals surface area contributed by atoms with Crippen molar-refractivity contribution >= 4 is 38.8 Å². The molecule has 3 amide bonds. The van der Waals surface area contributed by atoms with Crippen molar-refractivity contribution in [2.24, 2.45) is 0 Å². The molecule has 3 aliphatic rings. The van der Waals surface area contributed by atoms with E-state index in [0.717, 1.165) is 4.70 Å². The number of fused-ring (bicyclic) bond motifs is 4. The minimum absolute atomic E-state index is 0.0630. The summed E-state index contributed by atoms with van der Waals surface area (Å²) in [6, 6.07) is 3.37. The molecule has 29 heavy (non-hydrogen) atoms. The Hall–Kier alpha value is -2.75. The zero-order valence-corrected chi connectivity index (χ0v) is 17.2. The normalized spacial score (nSPS) is 23.3. The van der Waals surface area contributed by atoms with Crippen molar-refractivity contribution in [2.75, 3.05) is 24.8 Å². The van der Waals surface area contributed by atoms with E-state index in [0.29, 0.717) is 41.7 Å². The summed E-state index contributed by atoms with van der Waals surface area (Å²) >= 11 is 1.45. The average Bonchev–Trinajstić information content (AvgIpc) is 3.33. The maximum Gasteiger partial charge on any atom is 0.410 e. The van der Waals surface area contributed by atoms with Crippen molar-refractivity contribution in [3.63, 3.8) is 0 Å². The summed E-state index contributed by atoms with van der Waals surface area (Å²) in [5, 5.41) is 3.62. The SMILES string of the molecule is CC(C)(C)OC(=O)N1CC[C@@H]2[C@H](C1)NC(=O)N2c1nc2c3c(ccc2s1)OCO3. The largest absolute Gasteiger partial charge is 0.454 e. The van der Waals surface area contributed by atoms with Crippen LogP contribution in [0.25, 0.3) is 10.2 Å². The fourth-order valence-electron chi connectivity index (χ4n) is 3.94. The number of anilines is 1. The molecule has 1 aromatic heterocycles. The van der Waals surface area contributed by atoms with Crippen molar-refractivity contribution in [1.82, 2.24) is 15.2 Å². The Balaban J connectivity index is 1.38. The number of urea groups is 1. The van der Waals surface area contributed by atoms with Gasteiger partial charge in [0.15, 0.2) is 16.6 Å². The third-order valence-corrected chi connectivity index (χ3v) is 6.20. The predicted molar refractivity (Wildman–Crippen MR) is 107 cm³/mol. The molecule has 5 rings (SSSR count). The molecule has 9 nitrogen and oxygen atoms in total. The Kier molecular flexibility index (Phi) is 4.02. The molecule has 0 bridgehead atoms. The number of piperidine rings is 1. The molecule has 2 atom stereocenters. The number of aromatic nitrogens is 1. The Morgan fingerprint density at radius 1 is 1.34 bits per heavy atom. The van der Waals surface area contributed by atoms with Gasteiger partial charge in [0.1, 0.15) is 11.1 Å². The number of ether oxygens (including phenoxy) is 3. The van der Waals surface area contributed by atoms with Crippen LogP contribution in [0.3, 0.4) is 0 Å². The summed E-state index contributed by atoms with van der Waals surface area (Å²) < 4.78 is 17.4. The number of nitrogens with one attached hydrogen (secondary N) is 1. The molecule has 4 heterocycles. The number of thiazole rings is 1. The lowest BCUT2D eigenvalue weighted by molar-refractivity contribution is 0.0189. The number of hydrogen-bond acceptors (Lipinski definition) is 7. The number of carbonyl (C=O) groups is 2. The van der Waals surface area contributed by atoms with Gasteiger partial charge >= 0.3 is 12.1 Å². The quantitative estimate of drug-likeness (QED) is 0.765. The molecule has 2 saturated heterocycles. The zero-order valence-electron chi connectivity index (χ0n) is 16.4. The van der Waals surface area contributed by atoms with Crippen LogP contribution in [0.2, 0.25) is 0 Å². The van der Waals surface area contributed by atoms with Gasteiger partial charge in [-0.2, -0.15) is 0 Å². The first-order valence-corrected chi connectivity index (χ1v) is 10.4. The highest BCUT2D eigenvalue weighted by Crippen LogP contribution is 2.43. The summed E-state index contributed by atoms with van der Waals surface area (Å²) in [6.45, 7) is 6.65. The second-order valence-electron chi connectivity index (χ2n) is 8.35. The molecular formula is C19H22N4O5S. The zero-order chi connectivity index (χ0) is 20.3. The van der Waals surface area contributed by atoms with Crippen LogP contribution >= 0.6 is 11.3 Å². The number of hydrogen-bond donors (Lipinski definition) is 1. The van der Waals surface area contributed by atoms with Crippen LogP contribution in [0.15, 0.2) is 12.1 Å².